The summed E-state index contributed by atoms with van der Waals surface area (Å²) >= 11 is 2.06. The molecule has 1 aromatic carbocycles. The number of rotatable bonds is 5. The molecule has 2 aliphatic rings. The monoisotopic (exact) mass is 476 g/mol. The minimum absolute atomic E-state index is 0. The van der Waals surface area contributed by atoms with E-state index >= 15 is 0 Å². The molecule has 1 heterocycles. The molecule has 140 valence electrons. The molecule has 1 saturated carbocycles. The van der Waals surface area contributed by atoms with Gasteiger partial charge < -0.3 is 15.8 Å². The van der Waals surface area contributed by atoms with E-state index < -0.39 is 0 Å². The van der Waals surface area contributed by atoms with Crippen molar-refractivity contribution in [2.24, 2.45) is 10.7 Å². The molecule has 0 atom stereocenters. The Bertz CT molecular complexity index is 572. The van der Waals surface area contributed by atoms with Crippen LogP contribution in [0.25, 0.3) is 0 Å². The number of ether oxygens (including phenoxy) is 1. The first-order chi connectivity index (χ1) is 11.7. The molecule has 0 unspecified atom stereocenters. The average Bonchev–Trinajstić information content (AvgIpc) is 3.11. The van der Waals surface area contributed by atoms with Crippen molar-refractivity contribution >= 4 is 47.4 Å². The predicted molar refractivity (Wildman–Crippen MR) is 119 cm³/mol. The summed E-state index contributed by atoms with van der Waals surface area (Å²) in [6.45, 7) is 3.14. The number of nitrogens with one attached hydrogen (secondary N) is 1. The summed E-state index contributed by atoms with van der Waals surface area (Å²) < 4.78 is 5.36. The second-order valence-corrected chi connectivity index (χ2v) is 7.78. The van der Waals surface area contributed by atoms with Gasteiger partial charge in [0.1, 0.15) is 5.75 Å². The van der Waals surface area contributed by atoms with Gasteiger partial charge in [-0.15, -0.1) is 24.0 Å². The molecule has 25 heavy (non-hydrogen) atoms. The van der Waals surface area contributed by atoms with Gasteiger partial charge in [0.15, 0.2) is 5.96 Å². The van der Waals surface area contributed by atoms with Gasteiger partial charge in [0.25, 0.3) is 0 Å². The van der Waals surface area contributed by atoms with Crippen molar-refractivity contribution in [1.82, 2.24) is 4.90 Å². The maximum atomic E-state index is 6.16. The molecule has 2 fully saturated rings. The fraction of sp³-hybridized carbons (Fsp3) is 0.611. The second-order valence-electron chi connectivity index (χ2n) is 6.56. The molecule has 0 amide bonds. The van der Waals surface area contributed by atoms with Gasteiger partial charge in [0.2, 0.25) is 0 Å². The third-order valence-corrected chi connectivity index (χ3v) is 6.07. The minimum Gasteiger partial charge on any atom is -0.495 e. The number of nitrogens with zero attached hydrogens (tertiary/aromatic N) is 2. The van der Waals surface area contributed by atoms with Crippen LogP contribution >= 0.6 is 35.7 Å². The van der Waals surface area contributed by atoms with Gasteiger partial charge in [0, 0.05) is 30.1 Å². The standard InChI is InChI=1S/C18H28N4OS.HI/c1-23-16-7-3-2-6-15(16)21-17(19)20-14-18(8-4-5-9-18)22-10-12-24-13-11-22;/h2-3,6-7H,4-5,8-14H2,1H3,(H3,19,20,21);1H. The van der Waals surface area contributed by atoms with Crippen LogP contribution in [-0.4, -0.2) is 54.6 Å². The van der Waals surface area contributed by atoms with E-state index in [1.807, 2.05) is 24.3 Å². The van der Waals surface area contributed by atoms with Gasteiger partial charge in [-0.1, -0.05) is 25.0 Å². The molecule has 5 nitrogen and oxygen atoms in total. The zero-order chi connectivity index (χ0) is 16.8. The van der Waals surface area contributed by atoms with Crippen LogP contribution in [0.4, 0.5) is 5.69 Å². The molecular formula is C18H29IN4OS. The van der Waals surface area contributed by atoms with E-state index in [2.05, 4.69) is 22.0 Å². The predicted octanol–water partition coefficient (Wildman–Crippen LogP) is 3.40. The second kappa shape index (κ2) is 9.87. The van der Waals surface area contributed by atoms with Crippen molar-refractivity contribution in [3.63, 3.8) is 0 Å². The van der Waals surface area contributed by atoms with Crippen LogP contribution in [-0.2, 0) is 0 Å². The Morgan fingerprint density at radius 3 is 2.64 bits per heavy atom. The van der Waals surface area contributed by atoms with E-state index in [9.17, 15) is 0 Å². The summed E-state index contributed by atoms with van der Waals surface area (Å²) in [7, 11) is 1.66. The van der Waals surface area contributed by atoms with E-state index in [4.69, 9.17) is 15.5 Å². The highest BCUT2D eigenvalue weighted by molar-refractivity contribution is 14.0. The van der Waals surface area contributed by atoms with Crippen molar-refractivity contribution in [2.75, 3.05) is 43.6 Å². The van der Waals surface area contributed by atoms with Crippen molar-refractivity contribution in [1.29, 1.82) is 0 Å². The first-order valence-corrected chi connectivity index (χ1v) is 9.92. The fourth-order valence-corrected chi connectivity index (χ4v) is 4.71. The van der Waals surface area contributed by atoms with E-state index in [1.165, 1.54) is 50.3 Å². The Kier molecular flexibility index (Phi) is 8.15. The molecule has 1 aliphatic carbocycles. The molecule has 1 saturated heterocycles. The molecule has 0 bridgehead atoms. The zero-order valence-corrected chi connectivity index (χ0v) is 18.0. The fourth-order valence-electron chi connectivity index (χ4n) is 3.80. The zero-order valence-electron chi connectivity index (χ0n) is 14.9. The summed E-state index contributed by atoms with van der Waals surface area (Å²) in [5.41, 5.74) is 7.23. The first kappa shape index (κ1) is 20.6. The van der Waals surface area contributed by atoms with E-state index in [0.29, 0.717) is 5.96 Å². The largest absolute Gasteiger partial charge is 0.495 e. The summed E-state index contributed by atoms with van der Waals surface area (Å²) in [4.78, 5) is 7.37. The van der Waals surface area contributed by atoms with E-state index in [1.54, 1.807) is 7.11 Å². The highest BCUT2D eigenvalue weighted by atomic mass is 127. The van der Waals surface area contributed by atoms with Gasteiger partial charge >= 0.3 is 0 Å². The number of methoxy groups -OCH3 is 1. The quantitative estimate of drug-likeness (QED) is 0.388. The van der Waals surface area contributed by atoms with Crippen LogP contribution in [0.3, 0.4) is 0 Å². The minimum atomic E-state index is 0. The maximum Gasteiger partial charge on any atom is 0.193 e. The molecule has 0 spiro atoms. The normalized spacial score (nSPS) is 20.8. The number of nitrogens with two attached hydrogens (primary N) is 1. The van der Waals surface area contributed by atoms with Crippen molar-refractivity contribution in [2.45, 2.75) is 31.2 Å². The maximum absolute atomic E-state index is 6.16. The van der Waals surface area contributed by atoms with Crippen LogP contribution in [0.5, 0.6) is 5.75 Å². The number of hydrogen-bond donors (Lipinski definition) is 2. The number of hydrogen-bond acceptors (Lipinski definition) is 4. The molecule has 1 aromatic rings. The summed E-state index contributed by atoms with van der Waals surface area (Å²) in [6, 6.07) is 7.77. The van der Waals surface area contributed by atoms with Gasteiger partial charge in [-0.25, -0.2) is 0 Å². The Hall–Kier alpha value is -0.670. The van der Waals surface area contributed by atoms with Crippen LogP contribution in [0, 0.1) is 0 Å². The van der Waals surface area contributed by atoms with E-state index in [0.717, 1.165) is 18.0 Å². The van der Waals surface area contributed by atoms with Crippen LogP contribution in [0.1, 0.15) is 25.7 Å². The number of thioether (sulfide) groups is 1. The number of anilines is 1. The summed E-state index contributed by atoms with van der Waals surface area (Å²) in [6.07, 6.45) is 5.09. The Balaban J connectivity index is 0.00000225. The molecule has 3 N–H and O–H groups in total. The first-order valence-electron chi connectivity index (χ1n) is 8.76. The number of halogens is 1. The van der Waals surface area contributed by atoms with E-state index in [-0.39, 0.29) is 29.5 Å². The summed E-state index contributed by atoms with van der Waals surface area (Å²) in [5.74, 6) is 3.72. The molecule has 1 aliphatic heterocycles. The molecule has 7 heteroatoms. The van der Waals surface area contributed by atoms with Gasteiger partial charge in [0.05, 0.1) is 19.3 Å². The number of benzene rings is 1. The highest BCUT2D eigenvalue weighted by Gasteiger charge is 2.39. The summed E-state index contributed by atoms with van der Waals surface area (Å²) in [5, 5.41) is 3.19. The Morgan fingerprint density at radius 1 is 1.28 bits per heavy atom. The topological polar surface area (TPSA) is 62.9 Å². The highest BCUT2D eigenvalue weighted by Crippen LogP contribution is 2.37. The SMILES string of the molecule is COc1ccccc1NC(N)=NCC1(N2CCSCC2)CCCC1.I. The lowest BCUT2D eigenvalue weighted by Gasteiger charge is -2.42. The number of guanidine groups is 1. The van der Waals surface area contributed by atoms with Crippen LogP contribution in [0.2, 0.25) is 0 Å². The Labute approximate surface area is 172 Å². The third kappa shape index (κ3) is 5.17. The van der Waals surface area contributed by atoms with Gasteiger partial charge in [-0.3, -0.25) is 9.89 Å². The van der Waals surface area contributed by atoms with Gasteiger partial charge in [-0.05, 0) is 25.0 Å². The number of aliphatic imine (C=N–C) groups is 1. The lowest BCUT2D eigenvalue weighted by atomic mass is 9.95. The molecule has 3 rings (SSSR count). The van der Waals surface area contributed by atoms with Crippen molar-refractivity contribution < 1.29 is 4.74 Å². The van der Waals surface area contributed by atoms with Crippen LogP contribution < -0.4 is 15.8 Å². The molecule has 0 radical (unpaired) electrons. The van der Waals surface area contributed by atoms with Crippen molar-refractivity contribution in [3.8, 4) is 5.75 Å². The molecular weight excluding hydrogens is 447 g/mol. The molecule has 0 aromatic heterocycles. The van der Waals surface area contributed by atoms with Crippen LogP contribution in [0.15, 0.2) is 29.3 Å². The van der Waals surface area contributed by atoms with Gasteiger partial charge in [-0.2, -0.15) is 11.8 Å². The lowest BCUT2D eigenvalue weighted by molar-refractivity contribution is 0.112. The smallest absolute Gasteiger partial charge is 0.193 e. The Morgan fingerprint density at radius 2 is 1.96 bits per heavy atom. The third-order valence-electron chi connectivity index (χ3n) is 5.13. The van der Waals surface area contributed by atoms with Crippen molar-refractivity contribution in [3.05, 3.63) is 24.3 Å². The average molecular weight is 476 g/mol. The number of para-hydroxylation sites is 2. The lowest BCUT2D eigenvalue weighted by Crippen LogP contribution is -2.52.